The Morgan fingerprint density at radius 1 is 1.23 bits per heavy atom. The lowest BCUT2D eigenvalue weighted by atomic mass is 10.0. The number of carboxylic acid groups (broad SMARTS) is 1. The number of anilines is 1. The Kier molecular flexibility index (Phi) is 4.94. The average Bonchev–Trinajstić information content (AvgIpc) is 3.48. The number of likely N-dealkylation sites (N-methyl/N-ethyl adjacent to an activating group) is 1. The first-order valence-electron chi connectivity index (χ1n) is 9.77. The molecule has 2 heterocycles. The molecule has 0 bridgehead atoms. The maximum Gasteiger partial charge on any atom is 0.471 e. The SMILES string of the molecule is CCN(C(=O)C(F)(F)F)C1CN(c2cc3c(cc2F)c(=O)c(C(=O)O)cn3C2CC2)C1. The number of aromatic carboxylic acids is 1. The number of benzene rings is 1. The first-order chi connectivity index (χ1) is 14.5. The van der Waals surface area contributed by atoms with Crippen molar-refractivity contribution < 1.29 is 32.3 Å². The third kappa shape index (κ3) is 3.61. The molecule has 4 rings (SSSR count). The van der Waals surface area contributed by atoms with Crippen LogP contribution in [0.25, 0.3) is 10.9 Å². The van der Waals surface area contributed by atoms with E-state index in [9.17, 15) is 37.1 Å². The van der Waals surface area contributed by atoms with Crippen LogP contribution in [0.4, 0.5) is 23.2 Å². The molecule has 31 heavy (non-hydrogen) atoms. The molecule has 1 aromatic carbocycles. The van der Waals surface area contributed by atoms with Crippen molar-refractivity contribution in [1.82, 2.24) is 9.47 Å². The largest absolute Gasteiger partial charge is 0.477 e. The first kappa shape index (κ1) is 21.1. The molecule has 0 radical (unpaired) electrons. The van der Waals surface area contributed by atoms with Crippen LogP contribution in [0.1, 0.15) is 36.2 Å². The Bertz CT molecular complexity index is 1130. The smallest absolute Gasteiger partial charge is 0.471 e. The highest BCUT2D eigenvalue weighted by atomic mass is 19.4. The van der Waals surface area contributed by atoms with Crippen molar-refractivity contribution in [2.24, 2.45) is 0 Å². The van der Waals surface area contributed by atoms with Crippen LogP contribution < -0.4 is 10.3 Å². The van der Waals surface area contributed by atoms with E-state index < -0.39 is 40.9 Å². The lowest BCUT2D eigenvalue weighted by Gasteiger charge is -2.46. The average molecular weight is 441 g/mol. The van der Waals surface area contributed by atoms with Crippen molar-refractivity contribution in [2.75, 3.05) is 24.5 Å². The van der Waals surface area contributed by atoms with Crippen LogP contribution in [0.2, 0.25) is 0 Å². The van der Waals surface area contributed by atoms with Gasteiger partial charge in [-0.15, -0.1) is 0 Å². The summed E-state index contributed by atoms with van der Waals surface area (Å²) in [5.74, 6) is -4.11. The van der Waals surface area contributed by atoms with Crippen LogP contribution in [0.15, 0.2) is 23.1 Å². The quantitative estimate of drug-likeness (QED) is 0.722. The van der Waals surface area contributed by atoms with Crippen LogP contribution in [0, 0.1) is 5.82 Å². The highest BCUT2D eigenvalue weighted by molar-refractivity contribution is 5.93. The van der Waals surface area contributed by atoms with Gasteiger partial charge in [-0.05, 0) is 31.9 Å². The zero-order valence-corrected chi connectivity index (χ0v) is 16.4. The number of alkyl halides is 3. The Balaban J connectivity index is 1.67. The molecule has 1 aromatic heterocycles. The van der Waals surface area contributed by atoms with E-state index in [-0.39, 0.29) is 36.7 Å². The van der Waals surface area contributed by atoms with E-state index in [4.69, 9.17) is 0 Å². The molecule has 11 heteroatoms. The van der Waals surface area contributed by atoms with Crippen molar-refractivity contribution in [3.8, 4) is 0 Å². The number of carbonyl (C=O) groups is 2. The number of amides is 1. The van der Waals surface area contributed by atoms with Gasteiger partial charge in [-0.25, -0.2) is 9.18 Å². The Morgan fingerprint density at radius 3 is 2.39 bits per heavy atom. The summed E-state index contributed by atoms with van der Waals surface area (Å²) in [6, 6.07) is 1.69. The molecular formula is C20H19F4N3O4. The number of nitrogens with zero attached hydrogens (tertiary/aromatic N) is 3. The lowest BCUT2D eigenvalue weighted by Crippen LogP contribution is -2.63. The van der Waals surface area contributed by atoms with Gasteiger partial charge in [0.25, 0.3) is 0 Å². The van der Waals surface area contributed by atoms with E-state index >= 15 is 0 Å². The first-order valence-corrected chi connectivity index (χ1v) is 9.77. The minimum atomic E-state index is -4.98. The molecule has 1 saturated carbocycles. The fourth-order valence-electron chi connectivity index (χ4n) is 3.99. The molecule has 2 fully saturated rings. The molecule has 7 nitrogen and oxygen atoms in total. The number of halogens is 4. The number of fused-ring (bicyclic) bond motifs is 1. The van der Waals surface area contributed by atoms with E-state index in [1.165, 1.54) is 24.1 Å². The topological polar surface area (TPSA) is 82.8 Å². The summed E-state index contributed by atoms with van der Waals surface area (Å²) in [6.07, 6.45) is -2.14. The molecule has 166 valence electrons. The van der Waals surface area contributed by atoms with Crippen LogP contribution in [-0.2, 0) is 4.79 Å². The molecule has 2 aromatic rings. The second-order valence-corrected chi connectivity index (χ2v) is 7.78. The van der Waals surface area contributed by atoms with Gasteiger partial charge in [0, 0.05) is 37.3 Å². The van der Waals surface area contributed by atoms with Crippen molar-refractivity contribution in [1.29, 1.82) is 0 Å². The third-order valence-corrected chi connectivity index (χ3v) is 5.76. The summed E-state index contributed by atoms with van der Waals surface area (Å²) >= 11 is 0. The number of carboxylic acids is 1. The highest BCUT2D eigenvalue weighted by Gasteiger charge is 2.46. The van der Waals surface area contributed by atoms with Gasteiger partial charge in [0.05, 0.1) is 17.2 Å². The second kappa shape index (κ2) is 7.24. The Morgan fingerprint density at radius 2 is 1.87 bits per heavy atom. The number of hydrogen-bond acceptors (Lipinski definition) is 4. The molecule has 2 aliphatic rings. The van der Waals surface area contributed by atoms with Gasteiger partial charge >= 0.3 is 18.1 Å². The monoisotopic (exact) mass is 441 g/mol. The number of hydrogen-bond donors (Lipinski definition) is 1. The van der Waals surface area contributed by atoms with E-state index in [1.807, 2.05) is 0 Å². The van der Waals surface area contributed by atoms with Crippen LogP contribution in [0.5, 0.6) is 0 Å². The molecule has 0 unspecified atom stereocenters. The molecule has 1 aliphatic carbocycles. The zero-order valence-electron chi connectivity index (χ0n) is 16.4. The van der Waals surface area contributed by atoms with Crippen LogP contribution >= 0.6 is 0 Å². The number of pyridine rings is 1. The van der Waals surface area contributed by atoms with Gasteiger partial charge in [0.15, 0.2) is 0 Å². The summed E-state index contributed by atoms with van der Waals surface area (Å²) in [4.78, 5) is 37.7. The fourth-order valence-corrected chi connectivity index (χ4v) is 3.99. The van der Waals surface area contributed by atoms with Crippen molar-refractivity contribution in [3.63, 3.8) is 0 Å². The highest BCUT2D eigenvalue weighted by Crippen LogP contribution is 2.39. The Hall–Kier alpha value is -3.11. The number of rotatable bonds is 5. The van der Waals surface area contributed by atoms with E-state index in [2.05, 4.69) is 0 Å². The number of aromatic nitrogens is 1. The third-order valence-electron chi connectivity index (χ3n) is 5.76. The van der Waals surface area contributed by atoms with Crippen LogP contribution in [-0.4, -0.2) is 58.3 Å². The minimum absolute atomic E-state index is 0.00337. The minimum Gasteiger partial charge on any atom is -0.477 e. The normalized spacial score (nSPS) is 17.0. The van der Waals surface area contributed by atoms with Gasteiger partial charge in [-0.2, -0.15) is 13.2 Å². The van der Waals surface area contributed by atoms with Gasteiger partial charge in [0.1, 0.15) is 11.4 Å². The summed E-state index contributed by atoms with van der Waals surface area (Å²) in [7, 11) is 0. The van der Waals surface area contributed by atoms with Gasteiger partial charge in [0.2, 0.25) is 5.43 Å². The van der Waals surface area contributed by atoms with Gasteiger partial charge in [-0.3, -0.25) is 9.59 Å². The Labute approximate surface area is 173 Å². The zero-order chi connectivity index (χ0) is 22.7. The van der Waals surface area contributed by atoms with Gasteiger partial charge < -0.3 is 19.5 Å². The van der Waals surface area contributed by atoms with E-state index in [0.29, 0.717) is 10.4 Å². The van der Waals surface area contributed by atoms with Crippen LogP contribution in [0.3, 0.4) is 0 Å². The lowest BCUT2D eigenvalue weighted by molar-refractivity contribution is -0.188. The summed E-state index contributed by atoms with van der Waals surface area (Å²) in [6.45, 7) is 1.34. The predicted molar refractivity (Wildman–Crippen MR) is 103 cm³/mol. The molecular weight excluding hydrogens is 422 g/mol. The molecule has 0 atom stereocenters. The van der Waals surface area contributed by atoms with Crippen molar-refractivity contribution >= 4 is 28.5 Å². The molecule has 1 saturated heterocycles. The molecule has 0 spiro atoms. The van der Waals surface area contributed by atoms with E-state index in [1.54, 1.807) is 4.57 Å². The number of carbonyl (C=O) groups excluding carboxylic acids is 1. The van der Waals surface area contributed by atoms with Crippen molar-refractivity contribution in [2.45, 2.75) is 38.0 Å². The summed E-state index contributed by atoms with van der Waals surface area (Å²) < 4.78 is 54.8. The molecule has 1 N–H and O–H groups in total. The second-order valence-electron chi connectivity index (χ2n) is 7.78. The maximum absolute atomic E-state index is 14.8. The van der Waals surface area contributed by atoms with Gasteiger partial charge in [-0.1, -0.05) is 0 Å². The predicted octanol–water partition coefficient (Wildman–Crippen LogP) is 2.77. The maximum atomic E-state index is 14.8. The molecule has 1 amide bonds. The molecule has 1 aliphatic heterocycles. The summed E-state index contributed by atoms with van der Waals surface area (Å²) in [5.41, 5.74) is -0.772. The fraction of sp³-hybridized carbons (Fsp3) is 0.450. The van der Waals surface area contributed by atoms with Crippen molar-refractivity contribution in [3.05, 3.63) is 39.9 Å². The summed E-state index contributed by atoms with van der Waals surface area (Å²) in [5, 5.41) is 9.23. The standard InChI is InChI=1S/C20H19F4N3O4/c1-2-26(19(31)20(22,23)24)11-7-25(8-11)16-6-15-12(5-14(16)21)17(28)13(18(29)30)9-27(15)10-3-4-10/h5-6,9-11H,2-4,7-8H2,1H3,(H,29,30). The van der Waals surface area contributed by atoms with E-state index in [0.717, 1.165) is 18.9 Å².